The first-order valence-electron chi connectivity index (χ1n) is 12.4. The molecule has 2 aliphatic carbocycles. The van der Waals surface area contributed by atoms with Crippen LogP contribution in [0, 0.1) is 11.3 Å². The Hall–Kier alpha value is -1.62. The quantitative estimate of drug-likeness (QED) is 0.762. The van der Waals surface area contributed by atoms with Crippen molar-refractivity contribution in [1.29, 1.82) is 0 Å². The standard InChI is InChI=1S/C25H38N4O/c30-24(27-22-7-8-22)21-9-13-26-23(17-21)29-16-12-25(19-29)11-4-14-28(18-25)15-10-20-5-2-1-3-6-20/h9,13,17,20,22H,1-8,10-12,14-16,18-19H2,(H,27,30)/t25-/m1/s1. The number of hydrogen-bond acceptors (Lipinski definition) is 4. The van der Waals surface area contributed by atoms with Crippen molar-refractivity contribution in [3.05, 3.63) is 23.9 Å². The summed E-state index contributed by atoms with van der Waals surface area (Å²) in [7, 11) is 0. The van der Waals surface area contributed by atoms with Crippen LogP contribution in [0.4, 0.5) is 5.82 Å². The van der Waals surface area contributed by atoms with E-state index in [1.54, 1.807) is 6.20 Å². The van der Waals surface area contributed by atoms with Gasteiger partial charge in [0.05, 0.1) is 0 Å². The van der Waals surface area contributed by atoms with Gasteiger partial charge in [-0.2, -0.15) is 0 Å². The van der Waals surface area contributed by atoms with E-state index in [9.17, 15) is 4.79 Å². The summed E-state index contributed by atoms with van der Waals surface area (Å²) in [5.41, 5.74) is 1.17. The predicted octanol–water partition coefficient (Wildman–Crippen LogP) is 4.24. The molecule has 0 aromatic carbocycles. The maximum Gasteiger partial charge on any atom is 0.251 e. The monoisotopic (exact) mass is 410 g/mol. The first kappa shape index (κ1) is 20.3. The average Bonchev–Trinajstić information content (AvgIpc) is 3.52. The van der Waals surface area contributed by atoms with Crippen molar-refractivity contribution in [2.75, 3.05) is 37.6 Å². The Bertz CT molecular complexity index is 742. The number of nitrogens with zero attached hydrogens (tertiary/aromatic N) is 3. The summed E-state index contributed by atoms with van der Waals surface area (Å²) in [4.78, 5) is 22.3. The Labute approximate surface area is 181 Å². The zero-order valence-corrected chi connectivity index (χ0v) is 18.5. The molecule has 1 atom stereocenters. The fraction of sp³-hybridized carbons (Fsp3) is 0.760. The number of carbonyl (C=O) groups excluding carboxylic acids is 1. The second-order valence-corrected chi connectivity index (χ2v) is 10.5. The topological polar surface area (TPSA) is 48.5 Å². The zero-order chi connectivity index (χ0) is 20.4. The molecule has 5 heteroatoms. The molecule has 1 amide bonds. The molecule has 1 N–H and O–H groups in total. The molecule has 0 unspecified atom stereocenters. The average molecular weight is 411 g/mol. The highest BCUT2D eigenvalue weighted by molar-refractivity contribution is 5.95. The van der Waals surface area contributed by atoms with Gasteiger partial charge >= 0.3 is 0 Å². The highest BCUT2D eigenvalue weighted by atomic mass is 16.1. The first-order chi connectivity index (χ1) is 14.7. The lowest BCUT2D eigenvalue weighted by Crippen LogP contribution is -2.45. The zero-order valence-electron chi connectivity index (χ0n) is 18.5. The van der Waals surface area contributed by atoms with E-state index < -0.39 is 0 Å². The van der Waals surface area contributed by atoms with E-state index in [0.29, 0.717) is 11.5 Å². The largest absolute Gasteiger partial charge is 0.356 e. The Morgan fingerprint density at radius 1 is 1.07 bits per heavy atom. The van der Waals surface area contributed by atoms with Crippen LogP contribution >= 0.6 is 0 Å². The van der Waals surface area contributed by atoms with Gasteiger partial charge in [0.2, 0.25) is 0 Å². The summed E-state index contributed by atoms with van der Waals surface area (Å²) in [5.74, 6) is 2.02. The van der Waals surface area contributed by atoms with Gasteiger partial charge in [0.25, 0.3) is 5.91 Å². The van der Waals surface area contributed by atoms with Crippen molar-refractivity contribution in [3.8, 4) is 0 Å². The molecule has 1 aromatic heterocycles. The maximum absolute atomic E-state index is 12.4. The molecule has 2 saturated carbocycles. The number of rotatable bonds is 6. The maximum atomic E-state index is 12.4. The van der Waals surface area contributed by atoms with Crippen LogP contribution < -0.4 is 10.2 Å². The number of anilines is 1. The molecule has 2 aliphatic heterocycles. The SMILES string of the molecule is O=C(NC1CC1)c1ccnc(N2CC[C@@]3(CCCN(CCC4CCCCC4)C3)C2)c1. The van der Waals surface area contributed by atoms with Crippen LogP contribution in [0.2, 0.25) is 0 Å². The van der Waals surface area contributed by atoms with Crippen molar-refractivity contribution < 1.29 is 4.79 Å². The molecule has 5 rings (SSSR count). The molecule has 4 aliphatic rings. The van der Waals surface area contributed by atoms with Gasteiger partial charge in [-0.3, -0.25) is 4.79 Å². The lowest BCUT2D eigenvalue weighted by Gasteiger charge is -2.41. The lowest BCUT2D eigenvalue weighted by atomic mass is 9.79. The lowest BCUT2D eigenvalue weighted by molar-refractivity contribution is 0.0951. The molecule has 5 nitrogen and oxygen atoms in total. The molecule has 4 fully saturated rings. The Balaban J connectivity index is 1.17. The highest BCUT2D eigenvalue weighted by Crippen LogP contribution is 2.40. The fourth-order valence-corrected chi connectivity index (χ4v) is 6.03. The molecule has 30 heavy (non-hydrogen) atoms. The highest BCUT2D eigenvalue weighted by Gasteiger charge is 2.41. The van der Waals surface area contributed by atoms with E-state index in [4.69, 9.17) is 0 Å². The van der Waals surface area contributed by atoms with Gasteiger partial charge < -0.3 is 15.1 Å². The van der Waals surface area contributed by atoms with Crippen LogP contribution in [0.15, 0.2) is 18.3 Å². The number of nitrogens with one attached hydrogen (secondary N) is 1. The van der Waals surface area contributed by atoms with Crippen molar-refractivity contribution in [3.63, 3.8) is 0 Å². The van der Waals surface area contributed by atoms with Gasteiger partial charge in [-0.25, -0.2) is 4.98 Å². The van der Waals surface area contributed by atoms with Crippen molar-refractivity contribution in [2.45, 2.75) is 76.7 Å². The van der Waals surface area contributed by atoms with Crippen LogP contribution in [0.1, 0.15) is 81.0 Å². The third-order valence-corrected chi connectivity index (χ3v) is 8.00. The number of hydrogen-bond donors (Lipinski definition) is 1. The minimum absolute atomic E-state index is 0.0571. The number of piperidine rings is 1. The van der Waals surface area contributed by atoms with Crippen molar-refractivity contribution in [2.24, 2.45) is 11.3 Å². The van der Waals surface area contributed by atoms with Gasteiger partial charge in [-0.15, -0.1) is 0 Å². The number of likely N-dealkylation sites (tertiary alicyclic amines) is 1. The smallest absolute Gasteiger partial charge is 0.251 e. The van der Waals surface area contributed by atoms with E-state index in [0.717, 1.165) is 43.2 Å². The van der Waals surface area contributed by atoms with Gasteiger partial charge in [0, 0.05) is 42.9 Å². The third-order valence-electron chi connectivity index (χ3n) is 8.00. The molecule has 164 valence electrons. The Kier molecular flexibility index (Phi) is 5.99. The minimum Gasteiger partial charge on any atom is -0.356 e. The minimum atomic E-state index is 0.0571. The van der Waals surface area contributed by atoms with E-state index in [2.05, 4.69) is 20.1 Å². The van der Waals surface area contributed by atoms with Crippen LogP contribution in [-0.2, 0) is 0 Å². The summed E-state index contributed by atoms with van der Waals surface area (Å²) < 4.78 is 0. The first-order valence-corrected chi connectivity index (χ1v) is 12.4. The molecule has 2 saturated heterocycles. The number of amides is 1. The van der Waals surface area contributed by atoms with E-state index in [-0.39, 0.29) is 5.91 Å². The van der Waals surface area contributed by atoms with Crippen LogP contribution in [-0.4, -0.2) is 54.6 Å². The van der Waals surface area contributed by atoms with Gasteiger partial charge in [-0.05, 0) is 69.7 Å². The van der Waals surface area contributed by atoms with E-state index in [1.807, 2.05) is 12.1 Å². The van der Waals surface area contributed by atoms with Crippen LogP contribution in [0.5, 0.6) is 0 Å². The third kappa shape index (κ3) is 4.82. The Morgan fingerprint density at radius 2 is 1.93 bits per heavy atom. The van der Waals surface area contributed by atoms with Gasteiger partial charge in [-0.1, -0.05) is 32.1 Å². The Morgan fingerprint density at radius 3 is 2.77 bits per heavy atom. The summed E-state index contributed by atoms with van der Waals surface area (Å²) in [5, 5.41) is 3.10. The fourth-order valence-electron chi connectivity index (χ4n) is 6.03. The second kappa shape index (κ2) is 8.86. The van der Waals surface area contributed by atoms with Crippen molar-refractivity contribution in [1.82, 2.24) is 15.2 Å². The number of aromatic nitrogens is 1. The van der Waals surface area contributed by atoms with Crippen molar-refractivity contribution >= 4 is 11.7 Å². The molecule has 0 bridgehead atoms. The second-order valence-electron chi connectivity index (χ2n) is 10.5. The van der Waals surface area contributed by atoms with Gasteiger partial charge in [0.1, 0.15) is 5.82 Å². The molecular weight excluding hydrogens is 372 g/mol. The van der Waals surface area contributed by atoms with Crippen LogP contribution in [0.25, 0.3) is 0 Å². The molecule has 0 radical (unpaired) electrons. The molecule has 3 heterocycles. The normalized spacial score (nSPS) is 28.2. The summed E-state index contributed by atoms with van der Waals surface area (Å²) in [6, 6.07) is 4.24. The molecular formula is C25H38N4O. The predicted molar refractivity (Wildman–Crippen MR) is 121 cm³/mol. The van der Waals surface area contributed by atoms with E-state index in [1.165, 1.54) is 77.4 Å². The van der Waals surface area contributed by atoms with Gasteiger partial charge in [0.15, 0.2) is 0 Å². The number of carbonyl (C=O) groups is 1. The van der Waals surface area contributed by atoms with E-state index >= 15 is 0 Å². The molecule has 1 spiro atoms. The summed E-state index contributed by atoms with van der Waals surface area (Å²) in [6.45, 7) is 5.98. The van der Waals surface area contributed by atoms with Crippen LogP contribution in [0.3, 0.4) is 0 Å². The molecule has 1 aromatic rings. The summed E-state index contributed by atoms with van der Waals surface area (Å²) >= 11 is 0. The number of pyridine rings is 1. The summed E-state index contributed by atoms with van der Waals surface area (Å²) in [6.07, 6.45) is 16.7.